The van der Waals surface area contributed by atoms with Gasteiger partial charge in [-0.05, 0) is 31.2 Å². The van der Waals surface area contributed by atoms with Crippen molar-refractivity contribution in [3.8, 4) is 0 Å². The van der Waals surface area contributed by atoms with E-state index in [0.717, 1.165) is 18.2 Å². The molecule has 1 rings (SSSR count). The minimum atomic E-state index is 0.344. The lowest BCUT2D eigenvalue weighted by Crippen LogP contribution is -2.15. The van der Waals surface area contributed by atoms with Gasteiger partial charge in [0.25, 0.3) is 0 Å². The van der Waals surface area contributed by atoms with Crippen molar-refractivity contribution in [3.63, 3.8) is 0 Å². The number of halogens is 1. The molecule has 0 bridgehead atoms. The van der Waals surface area contributed by atoms with Crippen molar-refractivity contribution in [1.82, 2.24) is 0 Å². The number of ether oxygens (including phenoxy) is 1. The molecular weight excluding hydrogens is 252 g/mol. The van der Waals surface area contributed by atoms with Crippen LogP contribution in [0.3, 0.4) is 0 Å². The van der Waals surface area contributed by atoms with Gasteiger partial charge in [0.05, 0.1) is 6.10 Å². The molecule has 0 aliphatic carbocycles. The standard InChI is InChI=1S/C13H19BrO/c1-11(15-2)8-13(10-14)9-12-6-4-3-5-7-12/h3-7,11,13H,8-10H2,1-2H3. The van der Waals surface area contributed by atoms with Crippen LogP contribution in [0.25, 0.3) is 0 Å². The summed E-state index contributed by atoms with van der Waals surface area (Å²) < 4.78 is 5.30. The SMILES string of the molecule is COC(C)CC(CBr)Cc1ccccc1. The van der Waals surface area contributed by atoms with Crippen LogP contribution in [0.2, 0.25) is 0 Å². The largest absolute Gasteiger partial charge is 0.382 e. The normalized spacial score (nSPS) is 14.9. The zero-order valence-corrected chi connectivity index (χ0v) is 11.0. The van der Waals surface area contributed by atoms with Crippen LogP contribution in [0, 0.1) is 5.92 Å². The summed E-state index contributed by atoms with van der Waals surface area (Å²) in [6, 6.07) is 10.6. The highest BCUT2D eigenvalue weighted by Gasteiger charge is 2.12. The Balaban J connectivity index is 2.47. The zero-order chi connectivity index (χ0) is 11.1. The Morgan fingerprint density at radius 2 is 1.93 bits per heavy atom. The third-order valence-electron chi connectivity index (χ3n) is 2.65. The van der Waals surface area contributed by atoms with E-state index in [0.29, 0.717) is 12.0 Å². The van der Waals surface area contributed by atoms with Gasteiger partial charge < -0.3 is 4.74 Å². The van der Waals surface area contributed by atoms with Crippen LogP contribution >= 0.6 is 15.9 Å². The van der Waals surface area contributed by atoms with Crippen molar-refractivity contribution < 1.29 is 4.74 Å². The van der Waals surface area contributed by atoms with Gasteiger partial charge in [0.15, 0.2) is 0 Å². The second-order valence-corrected chi connectivity index (χ2v) is 4.64. The monoisotopic (exact) mass is 270 g/mol. The zero-order valence-electron chi connectivity index (χ0n) is 9.45. The van der Waals surface area contributed by atoms with E-state index in [1.807, 2.05) is 0 Å². The molecule has 1 aromatic rings. The minimum absolute atomic E-state index is 0.344. The number of rotatable bonds is 6. The quantitative estimate of drug-likeness (QED) is 0.717. The minimum Gasteiger partial charge on any atom is -0.382 e. The Kier molecular flexibility index (Phi) is 5.96. The summed E-state index contributed by atoms with van der Waals surface area (Å²) in [5.74, 6) is 0.655. The van der Waals surface area contributed by atoms with E-state index in [1.54, 1.807) is 7.11 Å². The molecule has 0 N–H and O–H groups in total. The van der Waals surface area contributed by atoms with E-state index < -0.39 is 0 Å². The molecule has 0 heterocycles. The van der Waals surface area contributed by atoms with Crippen LogP contribution in [-0.4, -0.2) is 18.5 Å². The Hall–Kier alpha value is -0.340. The summed E-state index contributed by atoms with van der Waals surface area (Å²) in [5, 5.41) is 1.04. The Morgan fingerprint density at radius 3 is 2.47 bits per heavy atom. The molecule has 1 aromatic carbocycles. The third kappa shape index (κ3) is 4.80. The Bertz CT molecular complexity index is 260. The summed E-state index contributed by atoms with van der Waals surface area (Å²) in [5.41, 5.74) is 1.41. The third-order valence-corrected chi connectivity index (χ3v) is 3.57. The maximum atomic E-state index is 5.30. The first kappa shape index (κ1) is 12.7. The molecule has 2 atom stereocenters. The van der Waals surface area contributed by atoms with Gasteiger partial charge in [0.1, 0.15) is 0 Å². The highest BCUT2D eigenvalue weighted by atomic mass is 79.9. The molecule has 15 heavy (non-hydrogen) atoms. The highest BCUT2D eigenvalue weighted by molar-refractivity contribution is 9.09. The van der Waals surface area contributed by atoms with Crippen molar-refractivity contribution in [2.24, 2.45) is 5.92 Å². The second-order valence-electron chi connectivity index (χ2n) is 3.99. The maximum absolute atomic E-state index is 5.30. The van der Waals surface area contributed by atoms with E-state index in [1.165, 1.54) is 5.56 Å². The first-order chi connectivity index (χ1) is 7.26. The van der Waals surface area contributed by atoms with Gasteiger partial charge >= 0.3 is 0 Å². The van der Waals surface area contributed by atoms with E-state index in [9.17, 15) is 0 Å². The smallest absolute Gasteiger partial charge is 0.0546 e. The predicted molar refractivity (Wildman–Crippen MR) is 68.5 cm³/mol. The fourth-order valence-corrected chi connectivity index (χ4v) is 2.21. The fraction of sp³-hybridized carbons (Fsp3) is 0.538. The van der Waals surface area contributed by atoms with Gasteiger partial charge in [0.2, 0.25) is 0 Å². The molecular formula is C13H19BrO. The van der Waals surface area contributed by atoms with E-state index in [2.05, 4.69) is 53.2 Å². The first-order valence-corrected chi connectivity index (χ1v) is 6.51. The van der Waals surface area contributed by atoms with Crippen molar-refractivity contribution >= 4 is 15.9 Å². The van der Waals surface area contributed by atoms with Crippen LogP contribution in [0.5, 0.6) is 0 Å². The number of hydrogen-bond acceptors (Lipinski definition) is 1. The fourth-order valence-electron chi connectivity index (χ4n) is 1.71. The van der Waals surface area contributed by atoms with Crippen molar-refractivity contribution in [2.45, 2.75) is 25.9 Å². The van der Waals surface area contributed by atoms with E-state index >= 15 is 0 Å². The summed E-state index contributed by atoms with van der Waals surface area (Å²) in [7, 11) is 1.78. The van der Waals surface area contributed by atoms with E-state index in [-0.39, 0.29) is 0 Å². The number of hydrogen-bond donors (Lipinski definition) is 0. The van der Waals surface area contributed by atoms with Crippen LogP contribution < -0.4 is 0 Å². The average Bonchev–Trinajstić information content (AvgIpc) is 2.29. The molecule has 0 aromatic heterocycles. The van der Waals surface area contributed by atoms with Gasteiger partial charge in [0, 0.05) is 12.4 Å². The summed E-state index contributed by atoms with van der Waals surface area (Å²) >= 11 is 3.58. The molecule has 2 heteroatoms. The van der Waals surface area contributed by atoms with Gasteiger partial charge in [-0.1, -0.05) is 46.3 Å². The molecule has 0 saturated carbocycles. The number of benzene rings is 1. The van der Waals surface area contributed by atoms with Gasteiger partial charge in [-0.15, -0.1) is 0 Å². The molecule has 84 valence electrons. The summed E-state index contributed by atoms with van der Waals surface area (Å²) in [6.45, 7) is 2.13. The van der Waals surface area contributed by atoms with Crippen LogP contribution in [0.15, 0.2) is 30.3 Å². The predicted octanol–water partition coefficient (Wildman–Crippen LogP) is 3.67. The second kappa shape index (κ2) is 7.02. The highest BCUT2D eigenvalue weighted by Crippen LogP contribution is 2.17. The lowest BCUT2D eigenvalue weighted by Gasteiger charge is -2.18. The number of methoxy groups -OCH3 is 1. The summed E-state index contributed by atoms with van der Waals surface area (Å²) in [6.07, 6.45) is 2.58. The van der Waals surface area contributed by atoms with Crippen molar-refractivity contribution in [1.29, 1.82) is 0 Å². The molecule has 0 radical (unpaired) electrons. The molecule has 0 amide bonds. The van der Waals surface area contributed by atoms with Crippen LogP contribution in [-0.2, 0) is 11.2 Å². The number of alkyl halides is 1. The van der Waals surface area contributed by atoms with Gasteiger partial charge in [-0.3, -0.25) is 0 Å². The van der Waals surface area contributed by atoms with Crippen molar-refractivity contribution in [3.05, 3.63) is 35.9 Å². The molecule has 0 saturated heterocycles. The summed E-state index contributed by atoms with van der Waals surface area (Å²) in [4.78, 5) is 0. The Morgan fingerprint density at radius 1 is 1.27 bits per heavy atom. The van der Waals surface area contributed by atoms with E-state index in [4.69, 9.17) is 4.74 Å². The molecule has 1 nitrogen and oxygen atoms in total. The lowest BCUT2D eigenvalue weighted by atomic mass is 9.96. The van der Waals surface area contributed by atoms with Crippen LogP contribution in [0.4, 0.5) is 0 Å². The maximum Gasteiger partial charge on any atom is 0.0546 e. The molecule has 0 spiro atoms. The van der Waals surface area contributed by atoms with Gasteiger partial charge in [-0.2, -0.15) is 0 Å². The molecule has 2 unspecified atom stereocenters. The lowest BCUT2D eigenvalue weighted by molar-refractivity contribution is 0.0981. The molecule has 0 aliphatic heterocycles. The van der Waals surface area contributed by atoms with Crippen molar-refractivity contribution in [2.75, 3.05) is 12.4 Å². The average molecular weight is 271 g/mol. The van der Waals surface area contributed by atoms with Crippen LogP contribution in [0.1, 0.15) is 18.9 Å². The van der Waals surface area contributed by atoms with Gasteiger partial charge in [-0.25, -0.2) is 0 Å². The Labute approximate surface area is 101 Å². The topological polar surface area (TPSA) is 9.23 Å². The first-order valence-electron chi connectivity index (χ1n) is 5.39. The molecule has 0 aliphatic rings. The molecule has 0 fully saturated rings.